The van der Waals surface area contributed by atoms with Crippen LogP contribution >= 0.6 is 0 Å². The molecule has 0 radical (unpaired) electrons. The Hall–Kier alpha value is -7.42. The highest BCUT2D eigenvalue weighted by atomic mass is 16.3. The SMILES string of the molecule is c1ccc(-c2cccc(-c3ccc(N(c4cccc(-c5cc6ccccc6c6ccccc56)c4)c4ccc5c(c4)oc4c6ccccc6ccc54)cc3)c2)cc1. The van der Waals surface area contributed by atoms with E-state index in [4.69, 9.17) is 4.42 Å². The lowest BCUT2D eigenvalue weighted by molar-refractivity contribution is 0.672. The van der Waals surface area contributed by atoms with Gasteiger partial charge in [-0.25, -0.2) is 0 Å². The molecule has 0 saturated heterocycles. The predicted octanol–water partition coefficient (Wildman–Crippen LogP) is 15.5. The lowest BCUT2D eigenvalue weighted by Gasteiger charge is -2.26. The summed E-state index contributed by atoms with van der Waals surface area (Å²) in [6.45, 7) is 0. The molecule has 56 heavy (non-hydrogen) atoms. The molecule has 11 rings (SSSR count). The fourth-order valence-electron chi connectivity index (χ4n) is 8.50. The molecule has 0 saturated carbocycles. The van der Waals surface area contributed by atoms with Gasteiger partial charge in [0.2, 0.25) is 0 Å². The molecule has 1 heterocycles. The number of hydrogen-bond acceptors (Lipinski definition) is 2. The van der Waals surface area contributed by atoms with Crippen molar-refractivity contribution in [2.24, 2.45) is 0 Å². The summed E-state index contributed by atoms with van der Waals surface area (Å²) < 4.78 is 6.71. The van der Waals surface area contributed by atoms with Gasteiger partial charge in [-0.1, -0.05) is 152 Å². The molecule has 0 unspecified atom stereocenters. The average molecular weight is 714 g/mol. The molecule has 0 N–H and O–H groups in total. The molecule has 0 aliphatic heterocycles. The maximum atomic E-state index is 6.71. The van der Waals surface area contributed by atoms with Crippen molar-refractivity contribution >= 4 is 71.3 Å². The normalized spacial score (nSPS) is 11.6. The van der Waals surface area contributed by atoms with Gasteiger partial charge in [-0.15, -0.1) is 0 Å². The fourth-order valence-corrected chi connectivity index (χ4v) is 8.50. The Balaban J connectivity index is 1.07. The Morgan fingerprint density at radius 2 is 0.875 bits per heavy atom. The van der Waals surface area contributed by atoms with Crippen LogP contribution in [0.15, 0.2) is 217 Å². The van der Waals surface area contributed by atoms with E-state index in [1.807, 2.05) is 0 Å². The van der Waals surface area contributed by atoms with Gasteiger partial charge in [0.25, 0.3) is 0 Å². The standard InChI is InChI=1S/C54H35NO/c1-2-12-36(13-3-1)39-16-10-17-40(32-39)37-24-27-43(28-25-37)55(45-29-31-50-51-30-26-38-14-4-7-21-47(38)54(51)56-53(50)35-45)44-19-11-18-41(33-44)52-34-42-15-5-6-20-46(42)48-22-8-9-23-49(48)52/h1-35H. The van der Waals surface area contributed by atoms with Gasteiger partial charge >= 0.3 is 0 Å². The fraction of sp³-hybridized carbons (Fsp3) is 0. The first-order valence-corrected chi connectivity index (χ1v) is 19.2. The van der Waals surface area contributed by atoms with E-state index in [-0.39, 0.29) is 0 Å². The van der Waals surface area contributed by atoms with Gasteiger partial charge < -0.3 is 9.32 Å². The van der Waals surface area contributed by atoms with E-state index in [1.165, 1.54) is 60.3 Å². The molecule has 11 aromatic rings. The monoisotopic (exact) mass is 713 g/mol. The van der Waals surface area contributed by atoms with Crippen LogP contribution in [0.5, 0.6) is 0 Å². The van der Waals surface area contributed by atoms with Crippen molar-refractivity contribution in [2.45, 2.75) is 0 Å². The summed E-state index contributed by atoms with van der Waals surface area (Å²) in [5.41, 5.74) is 12.1. The maximum absolute atomic E-state index is 6.71. The Bertz CT molecular complexity index is 3250. The van der Waals surface area contributed by atoms with E-state index in [0.29, 0.717) is 0 Å². The van der Waals surface area contributed by atoms with E-state index in [1.54, 1.807) is 0 Å². The largest absolute Gasteiger partial charge is 0.455 e. The number of benzene rings is 10. The molecule has 0 atom stereocenters. The topological polar surface area (TPSA) is 16.4 Å². The van der Waals surface area contributed by atoms with Crippen LogP contribution in [0.2, 0.25) is 0 Å². The second-order valence-corrected chi connectivity index (χ2v) is 14.5. The number of fused-ring (bicyclic) bond motifs is 8. The molecule has 0 spiro atoms. The minimum absolute atomic E-state index is 0.866. The third-order valence-corrected chi connectivity index (χ3v) is 11.2. The van der Waals surface area contributed by atoms with E-state index >= 15 is 0 Å². The highest BCUT2D eigenvalue weighted by Crippen LogP contribution is 2.43. The zero-order valence-electron chi connectivity index (χ0n) is 30.6. The van der Waals surface area contributed by atoms with Crippen LogP contribution in [0, 0.1) is 0 Å². The van der Waals surface area contributed by atoms with Gasteiger partial charge in [0.15, 0.2) is 0 Å². The highest BCUT2D eigenvalue weighted by molar-refractivity contribution is 6.16. The van der Waals surface area contributed by atoms with Gasteiger partial charge in [-0.3, -0.25) is 0 Å². The van der Waals surface area contributed by atoms with E-state index in [0.717, 1.165) is 44.4 Å². The molecule has 0 fully saturated rings. The summed E-state index contributed by atoms with van der Waals surface area (Å²) in [4.78, 5) is 2.35. The number of hydrogen-bond donors (Lipinski definition) is 0. The van der Waals surface area contributed by atoms with Crippen LogP contribution in [0.1, 0.15) is 0 Å². The third-order valence-electron chi connectivity index (χ3n) is 11.2. The molecule has 2 nitrogen and oxygen atoms in total. The summed E-state index contributed by atoms with van der Waals surface area (Å²) in [6, 6.07) is 76.4. The number of furan rings is 1. The molecule has 10 aromatic carbocycles. The van der Waals surface area contributed by atoms with Gasteiger partial charge in [-0.05, 0) is 115 Å². The first kappa shape index (κ1) is 32.0. The second-order valence-electron chi connectivity index (χ2n) is 14.5. The summed E-state index contributed by atoms with van der Waals surface area (Å²) in [6.07, 6.45) is 0. The molecule has 2 heteroatoms. The molecule has 0 amide bonds. The van der Waals surface area contributed by atoms with Crippen LogP contribution < -0.4 is 4.90 Å². The number of nitrogens with zero attached hydrogens (tertiary/aromatic N) is 1. The quantitative estimate of drug-likeness (QED) is 0.160. The molecule has 0 bridgehead atoms. The Morgan fingerprint density at radius 3 is 1.70 bits per heavy atom. The number of anilines is 3. The predicted molar refractivity (Wildman–Crippen MR) is 237 cm³/mol. The summed E-state index contributed by atoms with van der Waals surface area (Å²) >= 11 is 0. The molecule has 1 aromatic heterocycles. The van der Waals surface area contributed by atoms with Crippen molar-refractivity contribution in [2.75, 3.05) is 4.90 Å². The minimum atomic E-state index is 0.866. The van der Waals surface area contributed by atoms with Gasteiger partial charge in [0.05, 0.1) is 0 Å². The molecular formula is C54H35NO. The van der Waals surface area contributed by atoms with Crippen LogP contribution in [-0.2, 0) is 0 Å². The van der Waals surface area contributed by atoms with Crippen LogP contribution in [0.3, 0.4) is 0 Å². The van der Waals surface area contributed by atoms with Crippen LogP contribution in [0.4, 0.5) is 17.1 Å². The zero-order valence-corrected chi connectivity index (χ0v) is 30.6. The second kappa shape index (κ2) is 13.2. The molecule has 0 aliphatic rings. The van der Waals surface area contributed by atoms with Crippen LogP contribution in [0.25, 0.3) is 87.6 Å². The first-order chi connectivity index (χ1) is 27.7. The van der Waals surface area contributed by atoms with E-state index in [2.05, 4.69) is 217 Å². The smallest absolute Gasteiger partial charge is 0.143 e. The van der Waals surface area contributed by atoms with Crippen molar-refractivity contribution in [3.8, 4) is 33.4 Å². The summed E-state index contributed by atoms with van der Waals surface area (Å²) in [5.74, 6) is 0. The zero-order chi connectivity index (χ0) is 37.0. The summed E-state index contributed by atoms with van der Waals surface area (Å²) in [7, 11) is 0. The van der Waals surface area contributed by atoms with Gasteiger partial charge in [0, 0.05) is 39.3 Å². The van der Waals surface area contributed by atoms with E-state index < -0.39 is 0 Å². The van der Waals surface area contributed by atoms with Crippen molar-refractivity contribution in [3.05, 3.63) is 212 Å². The van der Waals surface area contributed by atoms with Crippen molar-refractivity contribution in [1.29, 1.82) is 0 Å². The molecular weight excluding hydrogens is 679 g/mol. The molecule has 262 valence electrons. The van der Waals surface area contributed by atoms with Crippen LogP contribution in [-0.4, -0.2) is 0 Å². The molecule has 0 aliphatic carbocycles. The summed E-state index contributed by atoms with van der Waals surface area (Å²) in [5, 5.41) is 9.55. The first-order valence-electron chi connectivity index (χ1n) is 19.2. The maximum Gasteiger partial charge on any atom is 0.143 e. The van der Waals surface area contributed by atoms with Crippen molar-refractivity contribution < 1.29 is 4.42 Å². The lowest BCUT2D eigenvalue weighted by Crippen LogP contribution is -2.10. The van der Waals surface area contributed by atoms with Gasteiger partial charge in [0.1, 0.15) is 11.2 Å². The Kier molecular flexibility index (Phi) is 7.53. The van der Waals surface area contributed by atoms with Crippen molar-refractivity contribution in [3.63, 3.8) is 0 Å². The minimum Gasteiger partial charge on any atom is -0.455 e. The van der Waals surface area contributed by atoms with Crippen molar-refractivity contribution in [1.82, 2.24) is 0 Å². The number of rotatable bonds is 6. The average Bonchev–Trinajstić information content (AvgIpc) is 3.65. The lowest BCUT2D eigenvalue weighted by atomic mass is 9.93. The third kappa shape index (κ3) is 5.42. The highest BCUT2D eigenvalue weighted by Gasteiger charge is 2.18. The van der Waals surface area contributed by atoms with Gasteiger partial charge in [-0.2, -0.15) is 0 Å². The van der Waals surface area contributed by atoms with E-state index in [9.17, 15) is 0 Å². The Morgan fingerprint density at radius 1 is 0.286 bits per heavy atom. The Labute approximate surface area is 325 Å².